The molecule has 1 saturated carbocycles. The van der Waals surface area contributed by atoms with Crippen LogP contribution in [-0.4, -0.2) is 43.9 Å². The van der Waals surface area contributed by atoms with Gasteiger partial charge in [-0.15, -0.1) is 0 Å². The highest BCUT2D eigenvalue weighted by molar-refractivity contribution is 5.89. The monoisotopic (exact) mass is 544 g/mol. The molecule has 0 saturated heterocycles. The van der Waals surface area contributed by atoms with Gasteiger partial charge in [-0.05, 0) is 64.7 Å². The summed E-state index contributed by atoms with van der Waals surface area (Å²) in [5, 5.41) is 9.65. The van der Waals surface area contributed by atoms with E-state index in [0.717, 1.165) is 6.33 Å². The van der Waals surface area contributed by atoms with Gasteiger partial charge in [0.05, 0.1) is 22.7 Å². The molecule has 1 aliphatic carbocycles. The number of rotatable bonds is 4. The number of alkyl halides is 6. The lowest BCUT2D eigenvalue weighted by molar-refractivity contribution is -0.143. The van der Waals surface area contributed by atoms with Crippen LogP contribution in [0.2, 0.25) is 0 Å². The number of nitrogens with zero attached hydrogens (tertiary/aromatic N) is 4. The van der Waals surface area contributed by atoms with Gasteiger partial charge in [0.25, 0.3) is 0 Å². The summed E-state index contributed by atoms with van der Waals surface area (Å²) in [6.07, 6.45) is -6.54. The summed E-state index contributed by atoms with van der Waals surface area (Å²) < 4.78 is 87.2. The molecule has 0 radical (unpaired) electrons. The summed E-state index contributed by atoms with van der Waals surface area (Å²) in [4.78, 5) is 21.8. The van der Waals surface area contributed by atoms with E-state index in [0.29, 0.717) is 43.2 Å². The molecule has 4 rings (SSSR count). The van der Waals surface area contributed by atoms with Crippen molar-refractivity contribution in [3.63, 3.8) is 0 Å². The first kappa shape index (κ1) is 27.5. The summed E-state index contributed by atoms with van der Waals surface area (Å²) in [6.45, 7) is 5.18. The van der Waals surface area contributed by atoms with Crippen LogP contribution in [0.15, 0.2) is 30.7 Å². The number of hydrogen-bond acceptors (Lipinski definition) is 6. The summed E-state index contributed by atoms with van der Waals surface area (Å²) >= 11 is 0. The van der Waals surface area contributed by atoms with Crippen molar-refractivity contribution in [3.05, 3.63) is 41.9 Å². The number of aromatic nitrogens is 4. The number of ether oxygens (including phenoxy) is 1. The third kappa shape index (κ3) is 6.27. The number of H-pyrrole nitrogens is 1. The Morgan fingerprint density at radius 3 is 2.13 bits per heavy atom. The maximum absolute atomic E-state index is 13.7. The van der Waals surface area contributed by atoms with Crippen LogP contribution in [0, 0.1) is 0 Å². The number of aromatic amines is 1. The van der Waals surface area contributed by atoms with Gasteiger partial charge < -0.3 is 15.0 Å². The topological polar surface area (TPSA) is 96.0 Å². The minimum atomic E-state index is -5.01. The van der Waals surface area contributed by atoms with E-state index in [1.807, 2.05) is 0 Å². The van der Waals surface area contributed by atoms with Gasteiger partial charge in [0.1, 0.15) is 17.7 Å². The second kappa shape index (κ2) is 9.95. The van der Waals surface area contributed by atoms with Crippen molar-refractivity contribution in [2.75, 3.05) is 4.90 Å². The molecule has 0 aliphatic heterocycles. The van der Waals surface area contributed by atoms with E-state index in [-0.39, 0.29) is 29.3 Å². The van der Waals surface area contributed by atoms with Crippen molar-refractivity contribution < 1.29 is 35.9 Å². The van der Waals surface area contributed by atoms with Crippen molar-refractivity contribution in [1.82, 2.24) is 25.5 Å². The molecule has 1 aliphatic rings. The van der Waals surface area contributed by atoms with Crippen LogP contribution in [0.25, 0.3) is 11.0 Å². The molecule has 206 valence electrons. The first-order valence-corrected chi connectivity index (χ1v) is 11.8. The number of carbonyl (C=O) groups is 1. The summed E-state index contributed by atoms with van der Waals surface area (Å²) in [6, 6.07) is 0.679. The van der Waals surface area contributed by atoms with Gasteiger partial charge in [-0.25, -0.2) is 14.8 Å². The molecular weight excluding hydrogens is 518 g/mol. The average molecular weight is 544 g/mol. The van der Waals surface area contributed by atoms with Crippen LogP contribution < -0.4 is 10.2 Å². The van der Waals surface area contributed by atoms with Crippen LogP contribution in [0.3, 0.4) is 0 Å². The summed E-state index contributed by atoms with van der Waals surface area (Å²) in [5.41, 5.74) is -3.57. The fraction of sp³-hybridized carbons (Fsp3) is 0.500. The van der Waals surface area contributed by atoms with Crippen molar-refractivity contribution in [2.24, 2.45) is 0 Å². The van der Waals surface area contributed by atoms with Crippen LogP contribution in [0.1, 0.15) is 57.6 Å². The van der Waals surface area contributed by atoms with Crippen molar-refractivity contribution >= 4 is 28.6 Å². The molecule has 8 nitrogen and oxygen atoms in total. The molecule has 14 heteroatoms. The number of benzene rings is 1. The first-order chi connectivity index (χ1) is 17.6. The van der Waals surface area contributed by atoms with E-state index in [2.05, 4.69) is 25.5 Å². The zero-order chi connectivity index (χ0) is 27.9. The van der Waals surface area contributed by atoms with E-state index >= 15 is 0 Å². The SMILES string of the molecule is CC(C)(C)OC(=O)NC1CCC(N(c2cc(C(F)(F)F)cc(C(F)(F)F)c2)c2ncnc3[nH]ncc23)CC1. The van der Waals surface area contributed by atoms with Gasteiger partial charge in [-0.3, -0.25) is 5.10 Å². The molecule has 0 spiro atoms. The minimum Gasteiger partial charge on any atom is -0.444 e. The molecule has 0 bridgehead atoms. The largest absolute Gasteiger partial charge is 0.444 e. The Bertz CT molecular complexity index is 1260. The van der Waals surface area contributed by atoms with Gasteiger partial charge in [0.15, 0.2) is 5.65 Å². The Balaban J connectivity index is 1.72. The maximum atomic E-state index is 13.7. The summed E-state index contributed by atoms with van der Waals surface area (Å²) in [5.74, 6) is 0.125. The van der Waals surface area contributed by atoms with Gasteiger partial charge >= 0.3 is 18.4 Å². The highest BCUT2D eigenvalue weighted by Gasteiger charge is 2.39. The summed E-state index contributed by atoms with van der Waals surface area (Å²) in [7, 11) is 0. The lowest BCUT2D eigenvalue weighted by atomic mass is 9.89. The molecule has 38 heavy (non-hydrogen) atoms. The zero-order valence-electron chi connectivity index (χ0n) is 20.7. The van der Waals surface area contributed by atoms with Gasteiger partial charge in [-0.1, -0.05) is 0 Å². The Kier molecular flexibility index (Phi) is 7.19. The molecule has 0 atom stereocenters. The molecule has 2 heterocycles. The lowest BCUT2D eigenvalue weighted by Gasteiger charge is -2.38. The van der Waals surface area contributed by atoms with Crippen LogP contribution in [0.5, 0.6) is 0 Å². The molecule has 2 aromatic heterocycles. The molecular formula is C24H26F6N6O2. The smallest absolute Gasteiger partial charge is 0.416 e. The second-order valence-electron chi connectivity index (χ2n) is 10.1. The second-order valence-corrected chi connectivity index (χ2v) is 10.1. The Morgan fingerprint density at radius 2 is 1.58 bits per heavy atom. The molecule has 1 fully saturated rings. The lowest BCUT2D eigenvalue weighted by Crippen LogP contribution is -2.44. The van der Waals surface area contributed by atoms with Crippen LogP contribution >= 0.6 is 0 Å². The minimum absolute atomic E-state index is 0.0940. The van der Waals surface area contributed by atoms with Gasteiger partial charge in [-0.2, -0.15) is 31.4 Å². The number of anilines is 2. The number of carbonyl (C=O) groups excluding carboxylic acids is 1. The van der Waals surface area contributed by atoms with Crippen molar-refractivity contribution in [3.8, 4) is 0 Å². The van der Waals surface area contributed by atoms with Crippen LogP contribution in [-0.2, 0) is 17.1 Å². The number of halogens is 6. The number of amides is 1. The standard InChI is InChI=1S/C24H26F6N6O2/c1-22(2,3)38-21(37)34-15-4-6-16(7-5-15)36(20-18-11-33-35-19(18)31-12-32-20)17-9-13(23(25,26)27)8-14(10-17)24(28,29)30/h8-12,15-16H,4-7H2,1-3H3,(H,34,37)(H,31,32,33,35). The first-order valence-electron chi connectivity index (χ1n) is 11.8. The quantitative estimate of drug-likeness (QED) is 0.371. The average Bonchev–Trinajstić information content (AvgIpc) is 3.27. The molecule has 0 unspecified atom stereocenters. The Labute approximate surface area is 213 Å². The van der Waals surface area contributed by atoms with Gasteiger partial charge in [0, 0.05) is 17.8 Å². The highest BCUT2D eigenvalue weighted by atomic mass is 19.4. The van der Waals surface area contributed by atoms with E-state index in [1.54, 1.807) is 20.8 Å². The molecule has 1 aromatic carbocycles. The van der Waals surface area contributed by atoms with Gasteiger partial charge in [0.2, 0.25) is 0 Å². The number of hydrogen-bond donors (Lipinski definition) is 2. The maximum Gasteiger partial charge on any atom is 0.416 e. The van der Waals surface area contributed by atoms with Crippen molar-refractivity contribution in [2.45, 2.75) is 76.5 Å². The highest BCUT2D eigenvalue weighted by Crippen LogP contribution is 2.42. The predicted molar refractivity (Wildman–Crippen MR) is 126 cm³/mol. The number of nitrogens with one attached hydrogen (secondary N) is 2. The normalized spacial score (nSPS) is 18.9. The number of fused-ring (bicyclic) bond motifs is 1. The number of alkyl carbamates (subject to hydrolysis) is 1. The van der Waals surface area contributed by atoms with Crippen molar-refractivity contribution in [1.29, 1.82) is 0 Å². The van der Waals surface area contributed by atoms with E-state index in [4.69, 9.17) is 4.74 Å². The molecule has 1 amide bonds. The molecule has 2 N–H and O–H groups in total. The third-order valence-electron chi connectivity index (χ3n) is 6.09. The fourth-order valence-electron chi connectivity index (χ4n) is 4.48. The van der Waals surface area contributed by atoms with Crippen LogP contribution in [0.4, 0.5) is 42.6 Å². The van der Waals surface area contributed by atoms with E-state index in [9.17, 15) is 31.1 Å². The predicted octanol–water partition coefficient (Wildman–Crippen LogP) is 6.36. The van der Waals surface area contributed by atoms with E-state index < -0.39 is 41.2 Å². The van der Waals surface area contributed by atoms with E-state index in [1.165, 1.54) is 11.1 Å². The Morgan fingerprint density at radius 1 is 0.974 bits per heavy atom. The molecule has 3 aromatic rings. The zero-order valence-corrected chi connectivity index (χ0v) is 20.7. The third-order valence-corrected chi connectivity index (χ3v) is 6.09. The fourth-order valence-corrected chi connectivity index (χ4v) is 4.48. The Hall–Kier alpha value is -3.58.